The summed E-state index contributed by atoms with van der Waals surface area (Å²) in [5.74, 6) is 0.610. The highest BCUT2D eigenvalue weighted by Gasteiger charge is 2.32. The molecule has 3 atom stereocenters. The molecule has 1 aromatic carbocycles. The molecule has 2 saturated heterocycles. The third-order valence-electron chi connectivity index (χ3n) is 4.29. The van der Waals surface area contributed by atoms with Crippen LogP contribution in [0.15, 0.2) is 24.3 Å². The Morgan fingerprint density at radius 1 is 1.40 bits per heavy atom. The summed E-state index contributed by atoms with van der Waals surface area (Å²) in [6, 6.07) is 8.46. The molecule has 2 aliphatic rings. The molecule has 2 unspecified atom stereocenters. The molecule has 134 valence electrons. The maximum Gasteiger partial charge on any atom is 0.405 e. The molecule has 3 rings (SSSR count). The molecule has 1 aromatic rings. The quantitative estimate of drug-likeness (QED) is 0.677. The van der Waals surface area contributed by atoms with Gasteiger partial charge in [0.1, 0.15) is 12.4 Å². The fourth-order valence-electron chi connectivity index (χ4n) is 3.24. The van der Waals surface area contributed by atoms with E-state index in [0.29, 0.717) is 17.9 Å². The van der Waals surface area contributed by atoms with Gasteiger partial charge in [-0.15, -0.1) is 0 Å². The van der Waals surface area contributed by atoms with E-state index in [0.717, 1.165) is 26.2 Å². The zero-order chi connectivity index (χ0) is 17.6. The van der Waals surface area contributed by atoms with Crippen LogP contribution in [-0.4, -0.2) is 73.7 Å². The highest BCUT2D eigenvalue weighted by molar-refractivity contribution is 5.64. The summed E-state index contributed by atoms with van der Waals surface area (Å²) in [5.41, 5.74) is 0.557. The first kappa shape index (κ1) is 17.5. The van der Waals surface area contributed by atoms with E-state index in [4.69, 9.17) is 19.8 Å². The molecule has 1 amide bonds. The normalized spacial score (nSPS) is 24.1. The number of nitrogens with zero attached hydrogens (tertiary/aromatic N) is 2. The van der Waals surface area contributed by atoms with E-state index in [1.165, 1.54) is 0 Å². The molecule has 25 heavy (non-hydrogen) atoms. The van der Waals surface area contributed by atoms with Gasteiger partial charge in [0.25, 0.3) is 0 Å². The minimum Gasteiger partial charge on any atom is -0.491 e. The molecule has 0 radical (unpaired) electrons. The Hall–Kier alpha value is -2.34. The topological polar surface area (TPSA) is 107 Å². The van der Waals surface area contributed by atoms with Crippen LogP contribution < -0.4 is 15.4 Å². The van der Waals surface area contributed by atoms with Gasteiger partial charge in [0.2, 0.25) is 0 Å². The molecule has 0 saturated carbocycles. The second-order valence-electron chi connectivity index (χ2n) is 6.35. The van der Waals surface area contributed by atoms with Gasteiger partial charge in [-0.05, 0) is 24.3 Å². The first-order chi connectivity index (χ1) is 12.1. The number of nitriles is 1. The van der Waals surface area contributed by atoms with Crippen LogP contribution in [0.2, 0.25) is 0 Å². The number of carboxylic acid groups (broad SMARTS) is 1. The lowest BCUT2D eigenvalue weighted by Crippen LogP contribution is -2.60. The number of ether oxygens (including phenoxy) is 2. The van der Waals surface area contributed by atoms with E-state index >= 15 is 0 Å². The maximum atomic E-state index is 11.1. The molecule has 3 N–H and O–H groups in total. The summed E-state index contributed by atoms with van der Waals surface area (Å²) in [6.07, 6.45) is -0.765. The number of hydrogen-bond acceptors (Lipinski definition) is 6. The van der Waals surface area contributed by atoms with Crippen LogP contribution in [0.25, 0.3) is 0 Å². The predicted molar refractivity (Wildman–Crippen MR) is 89.6 cm³/mol. The van der Waals surface area contributed by atoms with Crippen LogP contribution in [0.1, 0.15) is 5.56 Å². The molecule has 0 aromatic heterocycles. The monoisotopic (exact) mass is 346 g/mol. The molecule has 8 heteroatoms. The fraction of sp³-hybridized carbons (Fsp3) is 0.529. The van der Waals surface area contributed by atoms with Crippen LogP contribution in [0.5, 0.6) is 5.75 Å². The molecule has 2 bridgehead atoms. The van der Waals surface area contributed by atoms with Gasteiger partial charge in [-0.25, -0.2) is 4.79 Å². The van der Waals surface area contributed by atoms with Crippen LogP contribution in [0, 0.1) is 11.3 Å². The minimum absolute atomic E-state index is 0.150. The van der Waals surface area contributed by atoms with Gasteiger partial charge >= 0.3 is 6.09 Å². The van der Waals surface area contributed by atoms with Gasteiger partial charge in [-0.2, -0.15) is 5.26 Å². The number of nitrogens with one attached hydrogen (secondary N) is 2. The SMILES string of the molecule is N#Cc1ccc(OC[C@H](CN2CC3CNCC(C2)O3)NC(=O)O)cc1. The molecule has 2 aliphatic heterocycles. The highest BCUT2D eigenvalue weighted by atomic mass is 16.5. The first-order valence-electron chi connectivity index (χ1n) is 8.33. The number of benzene rings is 1. The van der Waals surface area contributed by atoms with Crippen molar-refractivity contribution in [2.75, 3.05) is 39.3 Å². The van der Waals surface area contributed by atoms with Gasteiger partial charge in [0.15, 0.2) is 0 Å². The molecule has 2 heterocycles. The van der Waals surface area contributed by atoms with Crippen molar-refractivity contribution in [2.24, 2.45) is 0 Å². The van der Waals surface area contributed by atoms with E-state index in [1.807, 2.05) is 6.07 Å². The van der Waals surface area contributed by atoms with Gasteiger partial charge in [0.05, 0.1) is 29.9 Å². The predicted octanol–water partition coefficient (Wildman–Crippen LogP) is 0.246. The molecular weight excluding hydrogens is 324 g/mol. The van der Waals surface area contributed by atoms with E-state index in [9.17, 15) is 4.79 Å². The highest BCUT2D eigenvalue weighted by Crippen LogP contribution is 2.15. The summed E-state index contributed by atoms with van der Waals surface area (Å²) in [4.78, 5) is 13.3. The maximum absolute atomic E-state index is 11.1. The van der Waals surface area contributed by atoms with Gasteiger partial charge in [0, 0.05) is 32.7 Å². The minimum atomic E-state index is -1.07. The zero-order valence-corrected chi connectivity index (χ0v) is 13.9. The Morgan fingerprint density at radius 2 is 2.08 bits per heavy atom. The Labute approximate surface area is 146 Å². The average Bonchev–Trinajstić information content (AvgIpc) is 2.59. The Bertz CT molecular complexity index is 619. The van der Waals surface area contributed by atoms with Crippen molar-refractivity contribution < 1.29 is 19.4 Å². The molecular formula is C17H22N4O4. The van der Waals surface area contributed by atoms with Gasteiger partial charge in [-0.1, -0.05) is 0 Å². The molecule has 8 nitrogen and oxygen atoms in total. The Morgan fingerprint density at radius 3 is 2.68 bits per heavy atom. The third-order valence-corrected chi connectivity index (χ3v) is 4.29. The number of rotatable bonds is 6. The average molecular weight is 346 g/mol. The van der Waals surface area contributed by atoms with Gasteiger partial charge < -0.3 is 25.2 Å². The van der Waals surface area contributed by atoms with Crippen molar-refractivity contribution in [1.29, 1.82) is 5.26 Å². The summed E-state index contributed by atoms with van der Waals surface area (Å²) >= 11 is 0. The van der Waals surface area contributed by atoms with E-state index in [2.05, 4.69) is 15.5 Å². The second kappa shape index (κ2) is 8.16. The van der Waals surface area contributed by atoms with Gasteiger partial charge in [-0.3, -0.25) is 4.90 Å². The van der Waals surface area contributed by atoms with Crippen molar-refractivity contribution in [3.05, 3.63) is 29.8 Å². The van der Waals surface area contributed by atoms with Crippen LogP contribution in [0.3, 0.4) is 0 Å². The second-order valence-corrected chi connectivity index (χ2v) is 6.35. The van der Waals surface area contributed by atoms with Crippen molar-refractivity contribution >= 4 is 6.09 Å². The number of amides is 1. The number of hydrogen-bond donors (Lipinski definition) is 3. The van der Waals surface area contributed by atoms with Crippen LogP contribution in [-0.2, 0) is 4.74 Å². The smallest absolute Gasteiger partial charge is 0.405 e. The van der Waals surface area contributed by atoms with Crippen molar-refractivity contribution in [3.8, 4) is 11.8 Å². The lowest BCUT2D eigenvalue weighted by Gasteiger charge is -2.42. The molecule has 2 fully saturated rings. The number of fused-ring (bicyclic) bond motifs is 2. The van der Waals surface area contributed by atoms with E-state index < -0.39 is 6.09 Å². The van der Waals surface area contributed by atoms with E-state index in [1.54, 1.807) is 24.3 Å². The first-order valence-corrected chi connectivity index (χ1v) is 8.33. The summed E-state index contributed by atoms with van der Waals surface area (Å²) in [7, 11) is 0. The Kier molecular flexibility index (Phi) is 5.71. The molecule has 0 aliphatic carbocycles. The summed E-state index contributed by atoms with van der Waals surface area (Å²) < 4.78 is 11.6. The van der Waals surface area contributed by atoms with Crippen molar-refractivity contribution in [2.45, 2.75) is 18.2 Å². The summed E-state index contributed by atoms with van der Waals surface area (Å²) in [6.45, 7) is 4.00. The number of morpholine rings is 2. The zero-order valence-electron chi connectivity index (χ0n) is 13.9. The van der Waals surface area contributed by atoms with Crippen molar-refractivity contribution in [1.82, 2.24) is 15.5 Å². The van der Waals surface area contributed by atoms with Crippen LogP contribution in [0.4, 0.5) is 4.79 Å². The fourth-order valence-corrected chi connectivity index (χ4v) is 3.24. The van der Waals surface area contributed by atoms with Crippen LogP contribution >= 0.6 is 0 Å². The molecule has 0 spiro atoms. The lowest BCUT2D eigenvalue weighted by molar-refractivity contribution is -0.104. The standard InChI is InChI=1S/C17H22N4O4/c18-5-12-1-3-14(4-2-12)24-11-13(20-17(22)23)8-21-9-15-6-19-7-16(10-21)25-15/h1-4,13,15-16,19-20H,6-11H2,(H,22,23)/t13-,15?,16?/m0/s1. The third kappa shape index (κ3) is 5.06. The lowest BCUT2D eigenvalue weighted by atomic mass is 10.1. The summed E-state index contributed by atoms with van der Waals surface area (Å²) in [5, 5.41) is 23.8. The largest absolute Gasteiger partial charge is 0.491 e. The van der Waals surface area contributed by atoms with E-state index in [-0.39, 0.29) is 24.9 Å². The van der Waals surface area contributed by atoms with Crippen molar-refractivity contribution in [3.63, 3.8) is 0 Å². The Balaban J connectivity index is 1.55. The number of carbonyl (C=O) groups is 1.